The van der Waals surface area contributed by atoms with Gasteiger partial charge in [-0.3, -0.25) is 4.90 Å². The van der Waals surface area contributed by atoms with Gasteiger partial charge in [0.05, 0.1) is 11.6 Å². The Hall–Kier alpha value is -2.40. The third-order valence-corrected chi connectivity index (χ3v) is 7.18. The van der Waals surface area contributed by atoms with Crippen molar-refractivity contribution in [3.63, 3.8) is 0 Å². The molecule has 1 aliphatic heterocycles. The van der Waals surface area contributed by atoms with Gasteiger partial charge in [0.1, 0.15) is 16.4 Å². The third kappa shape index (κ3) is 4.61. The highest BCUT2D eigenvalue weighted by atomic mass is 32.2. The van der Waals surface area contributed by atoms with Crippen LogP contribution in [0.4, 0.5) is 0 Å². The van der Waals surface area contributed by atoms with Gasteiger partial charge < -0.3 is 4.74 Å². The standard InChI is InChI=1S/C22H27N3O3S/c1-16(2)24-9-11-25(12-10-24)29(26,27)22-14-19(15-23)7-8-20(22)28-21-13-17(3)5-6-18(21)4/h5-8,13-14,16H,9-12H2,1-4H3. The van der Waals surface area contributed by atoms with E-state index in [4.69, 9.17) is 4.74 Å². The molecule has 0 radical (unpaired) electrons. The zero-order valence-electron chi connectivity index (χ0n) is 17.3. The molecule has 0 saturated carbocycles. The highest BCUT2D eigenvalue weighted by Crippen LogP contribution is 2.34. The van der Waals surface area contributed by atoms with Crippen LogP contribution >= 0.6 is 0 Å². The minimum absolute atomic E-state index is 0.0375. The van der Waals surface area contributed by atoms with Gasteiger partial charge in [-0.2, -0.15) is 9.57 Å². The lowest BCUT2D eigenvalue weighted by atomic mass is 10.1. The minimum atomic E-state index is -3.79. The van der Waals surface area contributed by atoms with Gasteiger partial charge in [-0.25, -0.2) is 8.42 Å². The van der Waals surface area contributed by atoms with Gasteiger partial charge in [0.2, 0.25) is 10.0 Å². The number of hydrogen-bond acceptors (Lipinski definition) is 5. The predicted octanol–water partition coefficient (Wildman–Crippen LogP) is 3.68. The Bertz CT molecular complexity index is 1030. The summed E-state index contributed by atoms with van der Waals surface area (Å²) in [5.41, 5.74) is 2.22. The van der Waals surface area contributed by atoms with Crippen molar-refractivity contribution >= 4 is 10.0 Å². The molecule has 7 heteroatoms. The van der Waals surface area contributed by atoms with Gasteiger partial charge in [0, 0.05) is 32.2 Å². The van der Waals surface area contributed by atoms with Crippen LogP contribution in [0.2, 0.25) is 0 Å². The second-order valence-corrected chi connectivity index (χ2v) is 9.58. The van der Waals surface area contributed by atoms with Crippen molar-refractivity contribution in [1.29, 1.82) is 5.26 Å². The first-order chi connectivity index (χ1) is 13.7. The molecule has 1 aliphatic rings. The van der Waals surface area contributed by atoms with E-state index in [0.29, 0.717) is 38.0 Å². The molecule has 0 spiro atoms. The molecule has 154 valence electrons. The van der Waals surface area contributed by atoms with E-state index in [2.05, 4.69) is 18.7 Å². The minimum Gasteiger partial charge on any atom is -0.456 e. The topological polar surface area (TPSA) is 73.6 Å². The summed E-state index contributed by atoms with van der Waals surface area (Å²) < 4.78 is 34.3. The average Bonchev–Trinajstić information content (AvgIpc) is 2.71. The number of aryl methyl sites for hydroxylation is 2. The monoisotopic (exact) mass is 413 g/mol. The van der Waals surface area contributed by atoms with Crippen molar-refractivity contribution < 1.29 is 13.2 Å². The zero-order valence-corrected chi connectivity index (χ0v) is 18.2. The highest BCUT2D eigenvalue weighted by Gasteiger charge is 2.32. The van der Waals surface area contributed by atoms with E-state index in [1.54, 1.807) is 12.1 Å². The molecule has 6 nitrogen and oxygen atoms in total. The van der Waals surface area contributed by atoms with Gasteiger partial charge in [-0.15, -0.1) is 0 Å². The molecule has 0 bridgehead atoms. The van der Waals surface area contributed by atoms with Crippen LogP contribution in [-0.4, -0.2) is 49.8 Å². The number of piperazine rings is 1. The molecule has 0 aliphatic carbocycles. The van der Waals surface area contributed by atoms with E-state index in [1.165, 1.54) is 10.4 Å². The maximum Gasteiger partial charge on any atom is 0.246 e. The quantitative estimate of drug-likeness (QED) is 0.748. The summed E-state index contributed by atoms with van der Waals surface area (Å²) >= 11 is 0. The number of rotatable bonds is 5. The first-order valence-electron chi connectivity index (χ1n) is 9.76. The molecular formula is C22H27N3O3S. The summed E-state index contributed by atoms with van der Waals surface area (Å²) in [5.74, 6) is 0.847. The van der Waals surface area contributed by atoms with Crippen LogP contribution < -0.4 is 4.74 Å². The smallest absolute Gasteiger partial charge is 0.246 e. The normalized spacial score (nSPS) is 16.0. The van der Waals surface area contributed by atoms with E-state index < -0.39 is 10.0 Å². The average molecular weight is 414 g/mol. The third-order valence-electron chi connectivity index (χ3n) is 5.26. The SMILES string of the molecule is Cc1ccc(C)c(Oc2ccc(C#N)cc2S(=O)(=O)N2CCN(C(C)C)CC2)c1. The maximum absolute atomic E-state index is 13.4. The van der Waals surface area contributed by atoms with Gasteiger partial charge in [-0.05, 0) is 63.1 Å². The van der Waals surface area contributed by atoms with Gasteiger partial charge in [-0.1, -0.05) is 12.1 Å². The van der Waals surface area contributed by atoms with Crippen molar-refractivity contribution in [1.82, 2.24) is 9.21 Å². The zero-order chi connectivity index (χ0) is 21.2. The summed E-state index contributed by atoms with van der Waals surface area (Å²) in [5, 5.41) is 9.29. The number of hydrogen-bond donors (Lipinski definition) is 0. The van der Waals surface area contributed by atoms with Gasteiger partial charge in [0.25, 0.3) is 0 Å². The molecule has 1 fully saturated rings. The van der Waals surface area contributed by atoms with E-state index in [-0.39, 0.29) is 16.2 Å². The Morgan fingerprint density at radius 2 is 1.69 bits per heavy atom. The van der Waals surface area contributed by atoms with Crippen LogP contribution in [0.3, 0.4) is 0 Å². The molecular weight excluding hydrogens is 386 g/mol. The summed E-state index contributed by atoms with van der Waals surface area (Å²) in [6.07, 6.45) is 0. The number of nitriles is 1. The molecule has 2 aromatic carbocycles. The Kier molecular flexibility index (Phi) is 6.27. The molecule has 29 heavy (non-hydrogen) atoms. The Balaban J connectivity index is 1.97. The van der Waals surface area contributed by atoms with Crippen molar-refractivity contribution in [3.05, 3.63) is 53.1 Å². The van der Waals surface area contributed by atoms with E-state index in [9.17, 15) is 13.7 Å². The van der Waals surface area contributed by atoms with Crippen molar-refractivity contribution in [2.75, 3.05) is 26.2 Å². The Morgan fingerprint density at radius 3 is 2.31 bits per heavy atom. The van der Waals surface area contributed by atoms with E-state index in [1.807, 2.05) is 38.1 Å². The second kappa shape index (κ2) is 8.54. The largest absolute Gasteiger partial charge is 0.456 e. The molecule has 3 rings (SSSR count). The fourth-order valence-corrected chi connectivity index (χ4v) is 4.96. The Labute approximate surface area is 173 Å². The lowest BCUT2D eigenvalue weighted by Gasteiger charge is -2.36. The number of nitrogens with zero attached hydrogens (tertiary/aromatic N) is 3. The number of benzene rings is 2. The van der Waals surface area contributed by atoms with Crippen molar-refractivity contribution in [3.8, 4) is 17.6 Å². The van der Waals surface area contributed by atoms with Crippen LogP contribution in [-0.2, 0) is 10.0 Å². The Morgan fingerprint density at radius 1 is 1.00 bits per heavy atom. The molecule has 2 aromatic rings. The van der Waals surface area contributed by atoms with E-state index in [0.717, 1.165) is 11.1 Å². The lowest BCUT2D eigenvalue weighted by molar-refractivity contribution is 0.154. The molecule has 0 aromatic heterocycles. The summed E-state index contributed by atoms with van der Waals surface area (Å²) in [6.45, 7) is 10.3. The van der Waals surface area contributed by atoms with Gasteiger partial charge >= 0.3 is 0 Å². The highest BCUT2D eigenvalue weighted by molar-refractivity contribution is 7.89. The van der Waals surface area contributed by atoms with Crippen molar-refractivity contribution in [2.24, 2.45) is 0 Å². The first-order valence-corrected chi connectivity index (χ1v) is 11.2. The van der Waals surface area contributed by atoms with Crippen LogP contribution in [0.5, 0.6) is 11.5 Å². The first kappa shape index (κ1) is 21.3. The lowest BCUT2D eigenvalue weighted by Crippen LogP contribution is -2.50. The second-order valence-electron chi connectivity index (χ2n) is 7.68. The van der Waals surface area contributed by atoms with Crippen LogP contribution in [0.25, 0.3) is 0 Å². The summed E-state index contributed by atoms with van der Waals surface area (Å²) in [6, 6.07) is 12.8. The van der Waals surface area contributed by atoms with Crippen LogP contribution in [0.1, 0.15) is 30.5 Å². The molecule has 1 saturated heterocycles. The predicted molar refractivity (Wildman–Crippen MR) is 113 cm³/mol. The number of ether oxygens (including phenoxy) is 1. The van der Waals surface area contributed by atoms with Gasteiger partial charge in [0.15, 0.2) is 0 Å². The van der Waals surface area contributed by atoms with E-state index >= 15 is 0 Å². The van der Waals surface area contributed by atoms with Crippen molar-refractivity contribution in [2.45, 2.75) is 38.6 Å². The molecule has 0 N–H and O–H groups in total. The summed E-state index contributed by atoms with van der Waals surface area (Å²) in [4.78, 5) is 2.29. The molecule has 1 heterocycles. The maximum atomic E-state index is 13.4. The molecule has 0 atom stereocenters. The van der Waals surface area contributed by atoms with Crippen LogP contribution in [0.15, 0.2) is 41.3 Å². The summed E-state index contributed by atoms with van der Waals surface area (Å²) in [7, 11) is -3.79. The number of sulfonamides is 1. The fourth-order valence-electron chi connectivity index (χ4n) is 3.40. The van der Waals surface area contributed by atoms with Crippen LogP contribution in [0, 0.1) is 25.2 Å². The fraction of sp³-hybridized carbons (Fsp3) is 0.409. The molecule has 0 unspecified atom stereocenters. The molecule has 0 amide bonds.